The molecule has 0 saturated heterocycles. The van der Waals surface area contributed by atoms with E-state index in [2.05, 4.69) is 0 Å². The zero-order valence-corrected chi connectivity index (χ0v) is 7.00. The third-order valence-electron chi connectivity index (χ3n) is 1.61. The van der Waals surface area contributed by atoms with Gasteiger partial charge in [-0.2, -0.15) is 0 Å². The first-order chi connectivity index (χ1) is 5.61. The molecule has 1 aromatic rings. The summed E-state index contributed by atoms with van der Waals surface area (Å²) in [6, 6.07) is 0. The van der Waals surface area contributed by atoms with Crippen molar-refractivity contribution in [2.45, 2.75) is 13.8 Å². The highest BCUT2D eigenvalue weighted by Crippen LogP contribution is 2.16. The standard InChI is InChI=1S/C9H10O3/c1-6-5-12-7(2)8(6)3-4-9(10)11/h3-5H,1-2H3,(H,10,11). The second kappa shape index (κ2) is 3.26. The van der Waals surface area contributed by atoms with Gasteiger partial charge in [-0.25, -0.2) is 4.79 Å². The van der Waals surface area contributed by atoms with Crippen molar-refractivity contribution in [1.29, 1.82) is 0 Å². The Balaban J connectivity index is 2.95. The third kappa shape index (κ3) is 1.75. The normalized spacial score (nSPS) is 10.8. The SMILES string of the molecule is Cc1coc(C)c1C=CC(=O)O. The van der Waals surface area contributed by atoms with Crippen molar-refractivity contribution >= 4 is 12.0 Å². The van der Waals surface area contributed by atoms with E-state index in [0.717, 1.165) is 23.0 Å². The van der Waals surface area contributed by atoms with E-state index >= 15 is 0 Å². The molecule has 0 fully saturated rings. The molecule has 1 rings (SSSR count). The topological polar surface area (TPSA) is 50.4 Å². The Morgan fingerprint density at radius 2 is 2.25 bits per heavy atom. The Hall–Kier alpha value is -1.51. The molecule has 12 heavy (non-hydrogen) atoms. The first-order valence-electron chi connectivity index (χ1n) is 3.57. The molecule has 0 aromatic carbocycles. The summed E-state index contributed by atoms with van der Waals surface area (Å²) in [4.78, 5) is 10.2. The van der Waals surface area contributed by atoms with E-state index in [9.17, 15) is 4.79 Å². The van der Waals surface area contributed by atoms with Gasteiger partial charge in [0.1, 0.15) is 5.76 Å². The molecule has 0 bridgehead atoms. The molecule has 1 N–H and O–H groups in total. The molecule has 3 nitrogen and oxygen atoms in total. The molecule has 0 saturated carbocycles. The second-order valence-corrected chi connectivity index (χ2v) is 2.56. The monoisotopic (exact) mass is 166 g/mol. The maximum atomic E-state index is 10.2. The fourth-order valence-electron chi connectivity index (χ4n) is 0.985. The number of carbonyl (C=O) groups is 1. The van der Waals surface area contributed by atoms with Gasteiger partial charge >= 0.3 is 5.97 Å². The Kier molecular flexibility index (Phi) is 2.33. The van der Waals surface area contributed by atoms with Gasteiger partial charge in [0.05, 0.1) is 6.26 Å². The van der Waals surface area contributed by atoms with Gasteiger partial charge in [0.2, 0.25) is 0 Å². The lowest BCUT2D eigenvalue weighted by Crippen LogP contribution is -1.86. The van der Waals surface area contributed by atoms with E-state index in [4.69, 9.17) is 9.52 Å². The number of aryl methyl sites for hydroxylation is 2. The van der Waals surface area contributed by atoms with E-state index < -0.39 is 5.97 Å². The van der Waals surface area contributed by atoms with Gasteiger partial charge < -0.3 is 9.52 Å². The van der Waals surface area contributed by atoms with E-state index in [0.29, 0.717) is 0 Å². The quantitative estimate of drug-likeness (QED) is 0.683. The number of hydrogen-bond acceptors (Lipinski definition) is 2. The van der Waals surface area contributed by atoms with Gasteiger partial charge in [-0.05, 0) is 25.5 Å². The molecule has 0 aliphatic carbocycles. The maximum Gasteiger partial charge on any atom is 0.328 e. The first kappa shape index (κ1) is 8.59. The fourth-order valence-corrected chi connectivity index (χ4v) is 0.985. The van der Waals surface area contributed by atoms with Gasteiger partial charge in [0.25, 0.3) is 0 Å². The van der Waals surface area contributed by atoms with Crippen LogP contribution in [0.25, 0.3) is 6.08 Å². The highest BCUT2D eigenvalue weighted by molar-refractivity contribution is 5.85. The minimum absolute atomic E-state index is 0.741. The zero-order chi connectivity index (χ0) is 9.14. The Morgan fingerprint density at radius 3 is 2.67 bits per heavy atom. The first-order valence-corrected chi connectivity index (χ1v) is 3.57. The lowest BCUT2D eigenvalue weighted by Gasteiger charge is -1.89. The number of hydrogen-bond donors (Lipinski definition) is 1. The van der Waals surface area contributed by atoms with Gasteiger partial charge in [0, 0.05) is 11.6 Å². The number of aliphatic carboxylic acids is 1. The van der Waals surface area contributed by atoms with Crippen molar-refractivity contribution in [2.75, 3.05) is 0 Å². The molecule has 3 heteroatoms. The summed E-state index contributed by atoms with van der Waals surface area (Å²) in [6.07, 6.45) is 4.25. The van der Waals surface area contributed by atoms with Crippen molar-refractivity contribution < 1.29 is 14.3 Å². The van der Waals surface area contributed by atoms with Crippen molar-refractivity contribution in [2.24, 2.45) is 0 Å². The van der Waals surface area contributed by atoms with Crippen LogP contribution in [-0.4, -0.2) is 11.1 Å². The van der Waals surface area contributed by atoms with Crippen LogP contribution in [0.15, 0.2) is 16.8 Å². The van der Waals surface area contributed by atoms with E-state index in [1.807, 2.05) is 6.92 Å². The van der Waals surface area contributed by atoms with Crippen molar-refractivity contribution in [3.05, 3.63) is 29.2 Å². The summed E-state index contributed by atoms with van der Waals surface area (Å²) >= 11 is 0. The van der Waals surface area contributed by atoms with E-state index in [-0.39, 0.29) is 0 Å². The molecular weight excluding hydrogens is 156 g/mol. The summed E-state index contributed by atoms with van der Waals surface area (Å²) in [7, 11) is 0. The van der Waals surface area contributed by atoms with Gasteiger partial charge in [-0.3, -0.25) is 0 Å². The zero-order valence-electron chi connectivity index (χ0n) is 7.00. The average molecular weight is 166 g/mol. The molecular formula is C9H10O3. The Bertz CT molecular complexity index is 301. The maximum absolute atomic E-state index is 10.2. The highest BCUT2D eigenvalue weighted by Gasteiger charge is 2.02. The van der Waals surface area contributed by atoms with Gasteiger partial charge in [-0.1, -0.05) is 0 Å². The van der Waals surface area contributed by atoms with Crippen LogP contribution in [0.5, 0.6) is 0 Å². The predicted molar refractivity (Wildman–Crippen MR) is 44.9 cm³/mol. The predicted octanol–water partition coefficient (Wildman–Crippen LogP) is 1.99. The molecule has 1 aromatic heterocycles. The summed E-state index contributed by atoms with van der Waals surface area (Å²) in [5, 5.41) is 8.38. The van der Waals surface area contributed by atoms with Crippen LogP contribution in [-0.2, 0) is 4.79 Å². The molecule has 1 heterocycles. The summed E-state index contributed by atoms with van der Waals surface area (Å²) in [6.45, 7) is 3.67. The van der Waals surface area contributed by atoms with Crippen LogP contribution in [0.3, 0.4) is 0 Å². The number of carboxylic acids is 1. The molecule has 0 atom stereocenters. The third-order valence-corrected chi connectivity index (χ3v) is 1.61. The summed E-state index contributed by atoms with van der Waals surface area (Å²) < 4.78 is 5.08. The number of furan rings is 1. The van der Waals surface area contributed by atoms with Crippen molar-refractivity contribution in [1.82, 2.24) is 0 Å². The van der Waals surface area contributed by atoms with E-state index in [1.54, 1.807) is 13.2 Å². The van der Waals surface area contributed by atoms with E-state index in [1.165, 1.54) is 6.08 Å². The minimum atomic E-state index is -0.949. The summed E-state index contributed by atoms with van der Waals surface area (Å²) in [5.74, 6) is -0.208. The second-order valence-electron chi connectivity index (χ2n) is 2.56. The lowest BCUT2D eigenvalue weighted by molar-refractivity contribution is -0.131. The van der Waals surface area contributed by atoms with Crippen LogP contribution in [0.2, 0.25) is 0 Å². The summed E-state index contributed by atoms with van der Waals surface area (Å²) in [5.41, 5.74) is 1.79. The molecule has 0 aliphatic heterocycles. The van der Waals surface area contributed by atoms with Crippen LogP contribution < -0.4 is 0 Å². The Morgan fingerprint density at radius 1 is 1.58 bits per heavy atom. The molecule has 0 spiro atoms. The van der Waals surface area contributed by atoms with Crippen LogP contribution in [0, 0.1) is 13.8 Å². The number of rotatable bonds is 2. The Labute approximate surface area is 70.3 Å². The molecule has 0 unspecified atom stereocenters. The van der Waals surface area contributed by atoms with Gasteiger partial charge in [-0.15, -0.1) is 0 Å². The van der Waals surface area contributed by atoms with Gasteiger partial charge in [0.15, 0.2) is 0 Å². The van der Waals surface area contributed by atoms with Crippen LogP contribution in [0.4, 0.5) is 0 Å². The van der Waals surface area contributed by atoms with Crippen molar-refractivity contribution in [3.8, 4) is 0 Å². The van der Waals surface area contributed by atoms with Crippen LogP contribution >= 0.6 is 0 Å². The molecule has 64 valence electrons. The largest absolute Gasteiger partial charge is 0.478 e. The minimum Gasteiger partial charge on any atom is -0.478 e. The molecule has 0 amide bonds. The lowest BCUT2D eigenvalue weighted by atomic mass is 10.1. The highest BCUT2D eigenvalue weighted by atomic mass is 16.4. The average Bonchev–Trinajstić information content (AvgIpc) is 2.28. The number of carboxylic acid groups (broad SMARTS) is 1. The van der Waals surface area contributed by atoms with Crippen molar-refractivity contribution in [3.63, 3.8) is 0 Å². The fraction of sp³-hybridized carbons (Fsp3) is 0.222. The smallest absolute Gasteiger partial charge is 0.328 e. The molecule has 0 aliphatic rings. The van der Waals surface area contributed by atoms with Crippen LogP contribution in [0.1, 0.15) is 16.9 Å². The molecule has 0 radical (unpaired) electrons.